The normalized spacial score (nSPS) is 26.7. The van der Waals surface area contributed by atoms with E-state index >= 15 is 0 Å². The Morgan fingerprint density at radius 1 is 1.31 bits per heavy atom. The van der Waals surface area contributed by atoms with Crippen molar-refractivity contribution in [3.8, 4) is 0 Å². The molecular weight excluding hydrogens is 342 g/mol. The first-order chi connectivity index (χ1) is 12.3. The number of carboxylic acid groups (broad SMARTS) is 1. The molecule has 142 valence electrons. The summed E-state index contributed by atoms with van der Waals surface area (Å²) < 4.78 is 28.7. The number of hydrogen-bond acceptors (Lipinski definition) is 5. The molecule has 6 nitrogen and oxygen atoms in total. The van der Waals surface area contributed by atoms with E-state index in [1.807, 2.05) is 4.90 Å². The minimum absolute atomic E-state index is 0.106. The molecule has 2 aliphatic heterocycles. The zero-order valence-electron chi connectivity index (χ0n) is 14.9. The molecule has 3 heterocycles. The number of anilines is 2. The zero-order valence-corrected chi connectivity index (χ0v) is 14.9. The van der Waals surface area contributed by atoms with Crippen molar-refractivity contribution in [3.63, 3.8) is 0 Å². The predicted octanol–water partition coefficient (Wildman–Crippen LogP) is 2.80. The number of hydrogen-bond donors (Lipinski definition) is 1. The van der Waals surface area contributed by atoms with Gasteiger partial charge in [-0.3, -0.25) is 4.79 Å². The maximum atomic E-state index is 14.4. The summed E-state index contributed by atoms with van der Waals surface area (Å²) in [7, 11) is 0. The average Bonchev–Trinajstić information content (AvgIpc) is 3.16. The summed E-state index contributed by atoms with van der Waals surface area (Å²) in [6.45, 7) is 4.26. The first-order valence-corrected chi connectivity index (χ1v) is 9.38. The molecular formula is C18H24F2N4O2. The van der Waals surface area contributed by atoms with Gasteiger partial charge in [-0.25, -0.2) is 4.98 Å². The second-order valence-corrected chi connectivity index (χ2v) is 7.74. The molecule has 8 heteroatoms. The van der Waals surface area contributed by atoms with Crippen molar-refractivity contribution >= 4 is 17.7 Å². The Morgan fingerprint density at radius 3 is 2.77 bits per heavy atom. The number of aliphatic carboxylic acids is 1. The summed E-state index contributed by atoms with van der Waals surface area (Å²) in [5.41, 5.74) is 0.469. The minimum Gasteiger partial charge on any atom is -0.481 e. The smallest absolute Gasteiger partial charge is 0.303 e. The van der Waals surface area contributed by atoms with Gasteiger partial charge in [0.1, 0.15) is 11.5 Å². The van der Waals surface area contributed by atoms with Crippen LogP contribution in [0.15, 0.2) is 0 Å². The number of halogens is 2. The van der Waals surface area contributed by atoms with Crippen LogP contribution in [0.4, 0.5) is 20.5 Å². The third-order valence-electron chi connectivity index (χ3n) is 5.94. The highest BCUT2D eigenvalue weighted by atomic mass is 19.3. The molecule has 3 aliphatic rings. The SMILES string of the molecule is C[C@H]1CCN1c1nc(N2CC[C@H](CCC(=O)O)C2)c2c(n1)C(F)(F)CC2. The van der Waals surface area contributed by atoms with Crippen LogP contribution in [0, 0.1) is 5.92 Å². The van der Waals surface area contributed by atoms with Crippen molar-refractivity contribution in [2.45, 2.75) is 57.4 Å². The Hall–Kier alpha value is -1.99. The predicted molar refractivity (Wildman–Crippen MR) is 92.9 cm³/mol. The van der Waals surface area contributed by atoms with E-state index < -0.39 is 11.9 Å². The van der Waals surface area contributed by atoms with Gasteiger partial charge in [-0.05, 0) is 38.5 Å². The van der Waals surface area contributed by atoms with Gasteiger partial charge >= 0.3 is 5.97 Å². The minimum atomic E-state index is -2.89. The van der Waals surface area contributed by atoms with Crippen molar-refractivity contribution in [2.75, 3.05) is 29.4 Å². The highest BCUT2D eigenvalue weighted by Gasteiger charge is 2.45. The Kier molecular flexibility index (Phi) is 4.23. The quantitative estimate of drug-likeness (QED) is 0.864. The summed E-state index contributed by atoms with van der Waals surface area (Å²) >= 11 is 0. The summed E-state index contributed by atoms with van der Waals surface area (Å²) in [6, 6.07) is 0.276. The monoisotopic (exact) mass is 366 g/mol. The molecule has 1 N–H and O–H groups in total. The van der Waals surface area contributed by atoms with Gasteiger partial charge in [-0.1, -0.05) is 0 Å². The molecule has 0 unspecified atom stereocenters. The van der Waals surface area contributed by atoms with Crippen molar-refractivity contribution in [1.82, 2.24) is 9.97 Å². The number of rotatable bonds is 5. The molecule has 2 fully saturated rings. The van der Waals surface area contributed by atoms with Gasteiger partial charge in [0.05, 0.1) is 0 Å². The third kappa shape index (κ3) is 2.99. The maximum absolute atomic E-state index is 14.4. The van der Waals surface area contributed by atoms with Gasteiger partial charge in [0.25, 0.3) is 5.92 Å². The van der Waals surface area contributed by atoms with Crippen molar-refractivity contribution < 1.29 is 18.7 Å². The lowest BCUT2D eigenvalue weighted by atomic mass is 10.0. The molecule has 4 rings (SSSR count). The van der Waals surface area contributed by atoms with Crippen molar-refractivity contribution in [3.05, 3.63) is 11.3 Å². The van der Waals surface area contributed by atoms with Gasteiger partial charge < -0.3 is 14.9 Å². The molecule has 0 amide bonds. The molecule has 0 radical (unpaired) electrons. The van der Waals surface area contributed by atoms with E-state index in [1.54, 1.807) is 0 Å². The standard InChI is InChI=1S/C18H24F2N4O2/c1-11-5-9-24(11)17-21-15-13(4-7-18(15,19)20)16(22-17)23-8-6-12(10-23)2-3-14(25)26/h11-12H,2-10H2,1H3,(H,25,26)/t11-,12-/m0/s1. The highest BCUT2D eigenvalue weighted by Crippen LogP contribution is 2.45. The molecule has 0 bridgehead atoms. The molecule has 1 aliphatic carbocycles. The molecule has 2 saturated heterocycles. The lowest BCUT2D eigenvalue weighted by molar-refractivity contribution is -0.137. The number of carboxylic acids is 1. The maximum Gasteiger partial charge on any atom is 0.303 e. The van der Waals surface area contributed by atoms with Gasteiger partial charge in [0.2, 0.25) is 5.95 Å². The largest absolute Gasteiger partial charge is 0.481 e. The van der Waals surface area contributed by atoms with E-state index in [1.165, 1.54) is 0 Å². The first-order valence-electron chi connectivity index (χ1n) is 9.38. The second kappa shape index (κ2) is 6.32. The molecule has 0 spiro atoms. The van der Waals surface area contributed by atoms with Crippen molar-refractivity contribution in [2.24, 2.45) is 5.92 Å². The lowest BCUT2D eigenvalue weighted by Gasteiger charge is -2.39. The third-order valence-corrected chi connectivity index (χ3v) is 5.94. The van der Waals surface area contributed by atoms with Crippen LogP contribution in [-0.2, 0) is 17.1 Å². The van der Waals surface area contributed by atoms with Gasteiger partial charge in [0, 0.05) is 44.1 Å². The van der Waals surface area contributed by atoms with Crippen LogP contribution in [0.5, 0.6) is 0 Å². The number of alkyl halides is 2. The second-order valence-electron chi connectivity index (χ2n) is 7.74. The van der Waals surface area contributed by atoms with Crippen LogP contribution in [0.1, 0.15) is 50.3 Å². The molecule has 26 heavy (non-hydrogen) atoms. The fraction of sp³-hybridized carbons (Fsp3) is 0.722. The fourth-order valence-electron chi connectivity index (χ4n) is 4.19. The topological polar surface area (TPSA) is 69.6 Å². The zero-order chi connectivity index (χ0) is 18.5. The van der Waals surface area contributed by atoms with Crippen molar-refractivity contribution in [1.29, 1.82) is 0 Å². The molecule has 0 saturated carbocycles. The summed E-state index contributed by atoms with van der Waals surface area (Å²) in [6.07, 6.45) is 2.74. The van der Waals surface area contributed by atoms with Crippen LogP contribution in [0.3, 0.4) is 0 Å². The fourth-order valence-corrected chi connectivity index (χ4v) is 4.19. The Bertz CT molecular complexity index is 727. The van der Waals surface area contributed by atoms with Gasteiger partial charge in [-0.2, -0.15) is 13.8 Å². The van der Waals surface area contributed by atoms with E-state index in [2.05, 4.69) is 21.8 Å². The van der Waals surface area contributed by atoms with Crippen LogP contribution < -0.4 is 9.80 Å². The van der Waals surface area contributed by atoms with E-state index in [0.717, 1.165) is 25.9 Å². The van der Waals surface area contributed by atoms with Crippen LogP contribution in [0.25, 0.3) is 0 Å². The first kappa shape index (κ1) is 17.4. The van der Waals surface area contributed by atoms with E-state index in [4.69, 9.17) is 5.11 Å². The van der Waals surface area contributed by atoms with E-state index in [-0.39, 0.29) is 30.5 Å². The number of nitrogens with zero attached hydrogens (tertiary/aromatic N) is 4. The molecule has 1 aromatic heterocycles. The van der Waals surface area contributed by atoms with E-state index in [9.17, 15) is 13.6 Å². The van der Waals surface area contributed by atoms with Crippen LogP contribution >= 0.6 is 0 Å². The number of aromatic nitrogens is 2. The average molecular weight is 366 g/mol. The summed E-state index contributed by atoms with van der Waals surface area (Å²) in [5.74, 6) is -2.37. The Morgan fingerprint density at radius 2 is 2.12 bits per heavy atom. The molecule has 2 atom stereocenters. The Labute approximate surface area is 151 Å². The molecule has 0 aromatic carbocycles. The van der Waals surface area contributed by atoms with Gasteiger partial charge in [-0.15, -0.1) is 0 Å². The summed E-state index contributed by atoms with van der Waals surface area (Å²) in [5, 5.41) is 8.87. The number of fused-ring (bicyclic) bond motifs is 1. The Balaban J connectivity index is 1.62. The van der Waals surface area contributed by atoms with Crippen LogP contribution in [-0.4, -0.2) is 46.7 Å². The summed E-state index contributed by atoms with van der Waals surface area (Å²) in [4.78, 5) is 23.8. The lowest BCUT2D eigenvalue weighted by Crippen LogP contribution is -2.47. The van der Waals surface area contributed by atoms with E-state index in [0.29, 0.717) is 36.7 Å². The van der Waals surface area contributed by atoms with Crippen LogP contribution in [0.2, 0.25) is 0 Å². The molecule has 1 aromatic rings. The highest BCUT2D eigenvalue weighted by molar-refractivity contribution is 5.66. The number of carbonyl (C=O) groups is 1. The van der Waals surface area contributed by atoms with Gasteiger partial charge in [0.15, 0.2) is 0 Å².